The molecule has 0 aromatic heterocycles. The van der Waals surface area contributed by atoms with Crippen LogP contribution in [0.15, 0.2) is 12.2 Å². The van der Waals surface area contributed by atoms with Gasteiger partial charge in [0.25, 0.3) is 0 Å². The molecular formula is C29H57NO2. The van der Waals surface area contributed by atoms with Crippen LogP contribution >= 0.6 is 0 Å². The molecule has 0 aromatic carbocycles. The summed E-state index contributed by atoms with van der Waals surface area (Å²) in [6.45, 7) is 2.69. The zero-order chi connectivity index (χ0) is 23.5. The Balaban J connectivity index is 3.15. The summed E-state index contributed by atoms with van der Waals surface area (Å²) in [6, 6.07) is 0. The Bertz CT molecular complexity index is 406. The van der Waals surface area contributed by atoms with Crippen LogP contribution < -0.4 is 0 Å². The minimum atomic E-state index is -0.0647. The summed E-state index contributed by atoms with van der Waals surface area (Å²) >= 11 is 0. The lowest BCUT2D eigenvalue weighted by molar-refractivity contribution is -0.147. The third-order valence-corrected chi connectivity index (χ3v) is 6.13. The summed E-state index contributed by atoms with van der Waals surface area (Å²) < 4.78 is 5.13. The predicted octanol–water partition coefficient (Wildman–Crippen LogP) is 9.21. The van der Waals surface area contributed by atoms with Crippen LogP contribution in [0.4, 0.5) is 0 Å². The largest absolute Gasteiger partial charge is 0.450 e. The van der Waals surface area contributed by atoms with Gasteiger partial charge in [-0.05, 0) is 46.2 Å². The van der Waals surface area contributed by atoms with Gasteiger partial charge in [-0.3, -0.25) is 9.69 Å². The summed E-state index contributed by atoms with van der Waals surface area (Å²) in [7, 11) is 3.81. The van der Waals surface area contributed by atoms with Crippen molar-refractivity contribution in [3.8, 4) is 0 Å². The highest BCUT2D eigenvalue weighted by molar-refractivity contribution is 5.69. The van der Waals surface area contributed by atoms with Crippen molar-refractivity contribution in [2.45, 2.75) is 148 Å². The molecule has 0 aliphatic carbocycles. The molecule has 3 heteroatoms. The van der Waals surface area contributed by atoms with Crippen LogP contribution in [0.5, 0.6) is 0 Å². The average Bonchev–Trinajstić information content (AvgIpc) is 2.78. The molecule has 190 valence electrons. The van der Waals surface area contributed by atoms with Crippen molar-refractivity contribution in [2.24, 2.45) is 0 Å². The van der Waals surface area contributed by atoms with E-state index >= 15 is 0 Å². The molecule has 0 saturated heterocycles. The molecule has 0 fully saturated rings. The quantitative estimate of drug-likeness (QED) is 0.0599. The molecule has 0 saturated carbocycles. The van der Waals surface area contributed by atoms with Crippen molar-refractivity contribution in [3.05, 3.63) is 12.2 Å². The van der Waals surface area contributed by atoms with Crippen LogP contribution in [0.25, 0.3) is 0 Å². The minimum Gasteiger partial charge on any atom is -0.450 e. The number of rotatable bonds is 25. The zero-order valence-corrected chi connectivity index (χ0v) is 22.2. The molecule has 3 nitrogen and oxygen atoms in total. The molecule has 0 radical (unpaired) electrons. The fourth-order valence-electron chi connectivity index (χ4n) is 4.03. The number of allylic oxidation sites excluding steroid dienone is 2. The number of hydrogen-bond donors (Lipinski definition) is 0. The molecule has 0 aliphatic heterocycles. The molecule has 0 spiro atoms. The van der Waals surface area contributed by atoms with Crippen LogP contribution in [0.3, 0.4) is 0 Å². The third kappa shape index (κ3) is 27.2. The summed E-state index contributed by atoms with van der Waals surface area (Å²) in [5.41, 5.74) is 0. The molecular weight excluding hydrogens is 394 g/mol. The monoisotopic (exact) mass is 451 g/mol. The van der Waals surface area contributed by atoms with Gasteiger partial charge >= 0.3 is 5.97 Å². The van der Waals surface area contributed by atoms with Gasteiger partial charge in [-0.2, -0.15) is 0 Å². The maximum absolute atomic E-state index is 11.5. The molecule has 0 heterocycles. The highest BCUT2D eigenvalue weighted by atomic mass is 16.5. The second kappa shape index (κ2) is 26.4. The van der Waals surface area contributed by atoms with E-state index in [2.05, 4.69) is 19.1 Å². The number of unbranched alkanes of at least 4 members (excludes halogenated alkanes) is 19. The van der Waals surface area contributed by atoms with E-state index in [9.17, 15) is 4.79 Å². The first-order valence-electron chi connectivity index (χ1n) is 14.1. The summed E-state index contributed by atoms with van der Waals surface area (Å²) in [5.74, 6) is -0.0647. The number of nitrogens with zero attached hydrogens (tertiary/aromatic N) is 1. The summed E-state index contributed by atoms with van der Waals surface area (Å²) in [6.07, 6.45) is 33.7. The summed E-state index contributed by atoms with van der Waals surface area (Å²) in [5, 5.41) is 0. The highest BCUT2D eigenvalue weighted by Gasteiger charge is 2.02. The van der Waals surface area contributed by atoms with Gasteiger partial charge in [0.05, 0.1) is 0 Å². The van der Waals surface area contributed by atoms with Crippen molar-refractivity contribution in [1.82, 2.24) is 4.90 Å². The third-order valence-electron chi connectivity index (χ3n) is 6.13. The van der Waals surface area contributed by atoms with E-state index in [4.69, 9.17) is 4.74 Å². The van der Waals surface area contributed by atoms with Gasteiger partial charge in [-0.15, -0.1) is 0 Å². The Kier molecular flexibility index (Phi) is 25.7. The fraction of sp³-hybridized carbons (Fsp3) is 0.897. The van der Waals surface area contributed by atoms with E-state index in [0.717, 1.165) is 12.8 Å². The van der Waals surface area contributed by atoms with Gasteiger partial charge in [0.1, 0.15) is 6.73 Å². The highest BCUT2D eigenvalue weighted by Crippen LogP contribution is 2.14. The Labute approximate surface area is 201 Å². The molecule has 0 aromatic rings. The van der Waals surface area contributed by atoms with Crippen molar-refractivity contribution < 1.29 is 9.53 Å². The first-order valence-corrected chi connectivity index (χ1v) is 14.1. The first-order chi connectivity index (χ1) is 15.7. The van der Waals surface area contributed by atoms with Crippen molar-refractivity contribution >= 4 is 5.97 Å². The normalized spacial score (nSPS) is 11.6. The Morgan fingerprint density at radius 1 is 0.594 bits per heavy atom. The van der Waals surface area contributed by atoms with Crippen LogP contribution in [-0.2, 0) is 9.53 Å². The standard InChI is InChI=1S/C29H57NO2/c1-4-5-6-7-8-9-10-11-12-13-14-15-16-17-18-19-20-21-22-23-24-25-26-27-29(31)32-28-30(2)3/h19-20H,4-18,21-28H2,1-3H3. The van der Waals surface area contributed by atoms with E-state index < -0.39 is 0 Å². The Morgan fingerprint density at radius 2 is 0.969 bits per heavy atom. The van der Waals surface area contributed by atoms with Crippen LogP contribution in [0.2, 0.25) is 0 Å². The molecule has 0 atom stereocenters. The SMILES string of the molecule is CCCCCCCCCCCCCCCCC=CCCCCCCCC(=O)OCN(C)C. The van der Waals surface area contributed by atoms with Gasteiger partial charge in [-0.25, -0.2) is 0 Å². The van der Waals surface area contributed by atoms with Crippen LogP contribution in [0, 0.1) is 0 Å². The lowest BCUT2D eigenvalue weighted by Gasteiger charge is -2.10. The molecule has 32 heavy (non-hydrogen) atoms. The number of esters is 1. The van der Waals surface area contributed by atoms with Crippen LogP contribution in [0.1, 0.15) is 148 Å². The van der Waals surface area contributed by atoms with E-state index in [1.165, 1.54) is 122 Å². The predicted molar refractivity (Wildman–Crippen MR) is 141 cm³/mol. The van der Waals surface area contributed by atoms with E-state index in [1.54, 1.807) is 0 Å². The van der Waals surface area contributed by atoms with Gasteiger partial charge in [-0.1, -0.05) is 122 Å². The van der Waals surface area contributed by atoms with E-state index in [0.29, 0.717) is 13.2 Å². The topological polar surface area (TPSA) is 29.5 Å². The lowest BCUT2D eigenvalue weighted by Crippen LogP contribution is -2.19. The average molecular weight is 452 g/mol. The lowest BCUT2D eigenvalue weighted by atomic mass is 10.0. The van der Waals surface area contributed by atoms with Gasteiger partial charge in [0.15, 0.2) is 0 Å². The van der Waals surface area contributed by atoms with Gasteiger partial charge in [0, 0.05) is 6.42 Å². The molecule has 0 rings (SSSR count). The summed E-state index contributed by atoms with van der Waals surface area (Å²) in [4.78, 5) is 13.4. The Hall–Kier alpha value is -0.830. The maximum Gasteiger partial charge on any atom is 0.307 e. The van der Waals surface area contributed by atoms with Crippen molar-refractivity contribution in [1.29, 1.82) is 0 Å². The molecule has 0 unspecified atom stereocenters. The maximum atomic E-state index is 11.5. The number of ether oxygens (including phenoxy) is 1. The van der Waals surface area contributed by atoms with Crippen molar-refractivity contribution in [2.75, 3.05) is 20.8 Å². The minimum absolute atomic E-state index is 0.0647. The second-order valence-corrected chi connectivity index (χ2v) is 9.89. The first kappa shape index (κ1) is 31.2. The number of carbonyl (C=O) groups is 1. The van der Waals surface area contributed by atoms with Crippen molar-refractivity contribution in [3.63, 3.8) is 0 Å². The molecule has 0 aliphatic rings. The molecule has 0 amide bonds. The zero-order valence-electron chi connectivity index (χ0n) is 22.2. The second-order valence-electron chi connectivity index (χ2n) is 9.89. The number of hydrogen-bond acceptors (Lipinski definition) is 3. The fourth-order valence-corrected chi connectivity index (χ4v) is 4.03. The molecule has 0 bridgehead atoms. The Morgan fingerprint density at radius 3 is 1.38 bits per heavy atom. The van der Waals surface area contributed by atoms with Gasteiger partial charge in [0.2, 0.25) is 0 Å². The van der Waals surface area contributed by atoms with E-state index in [1.807, 2.05) is 19.0 Å². The van der Waals surface area contributed by atoms with Crippen LogP contribution in [-0.4, -0.2) is 31.7 Å². The molecule has 0 N–H and O–H groups in total. The number of carbonyl (C=O) groups excluding carboxylic acids is 1. The van der Waals surface area contributed by atoms with Gasteiger partial charge < -0.3 is 4.74 Å². The van der Waals surface area contributed by atoms with E-state index in [-0.39, 0.29) is 5.97 Å². The smallest absolute Gasteiger partial charge is 0.307 e.